The molecule has 1 rings (SSSR count). The third-order valence-corrected chi connectivity index (χ3v) is 3.73. The lowest BCUT2D eigenvalue weighted by molar-refractivity contribution is -0.141. The van der Waals surface area contributed by atoms with Gasteiger partial charge in [0.2, 0.25) is 0 Å². The first-order valence-corrected chi connectivity index (χ1v) is 7.25. The van der Waals surface area contributed by atoms with Gasteiger partial charge < -0.3 is 20.1 Å². The lowest BCUT2D eigenvalue weighted by Gasteiger charge is -2.31. The molecule has 0 bridgehead atoms. The maximum absolute atomic E-state index is 10.7. The molecule has 5 heteroatoms. The number of hydrogen-bond donors (Lipinski definition) is 2. The number of carbonyl (C=O) groups is 1. The zero-order chi connectivity index (χ0) is 14.3. The summed E-state index contributed by atoms with van der Waals surface area (Å²) in [6, 6.07) is 0.414. The van der Waals surface area contributed by atoms with E-state index in [1.165, 1.54) is 0 Å². The van der Waals surface area contributed by atoms with E-state index in [1.807, 2.05) is 0 Å². The molecule has 0 spiro atoms. The largest absolute Gasteiger partial charge is 0.481 e. The Morgan fingerprint density at radius 3 is 2.84 bits per heavy atom. The zero-order valence-corrected chi connectivity index (χ0v) is 12.4. The average Bonchev–Trinajstić information content (AvgIpc) is 2.36. The summed E-state index contributed by atoms with van der Waals surface area (Å²) in [5.41, 5.74) is 0. The van der Waals surface area contributed by atoms with Gasteiger partial charge in [0.15, 0.2) is 0 Å². The second-order valence-electron chi connectivity index (χ2n) is 5.73. The number of aliphatic carboxylic acids is 1. The van der Waals surface area contributed by atoms with Crippen LogP contribution in [0.1, 0.15) is 33.1 Å². The Hall–Kier alpha value is -0.650. The Labute approximate surface area is 116 Å². The fraction of sp³-hybridized carbons (Fsp3) is 0.929. The molecule has 112 valence electrons. The molecule has 0 saturated carbocycles. The monoisotopic (exact) mass is 272 g/mol. The zero-order valence-electron chi connectivity index (χ0n) is 12.4. The van der Waals surface area contributed by atoms with E-state index in [2.05, 4.69) is 24.2 Å². The molecule has 0 aromatic heterocycles. The van der Waals surface area contributed by atoms with E-state index >= 15 is 0 Å². The van der Waals surface area contributed by atoms with E-state index in [0.717, 1.165) is 45.5 Å². The highest BCUT2D eigenvalue weighted by atomic mass is 16.5. The van der Waals surface area contributed by atoms with Crippen LogP contribution >= 0.6 is 0 Å². The highest BCUT2D eigenvalue weighted by Crippen LogP contribution is 2.10. The Kier molecular flexibility index (Phi) is 7.34. The molecule has 3 unspecified atom stereocenters. The predicted molar refractivity (Wildman–Crippen MR) is 75.4 cm³/mol. The van der Waals surface area contributed by atoms with Crippen molar-refractivity contribution in [1.29, 1.82) is 0 Å². The minimum Gasteiger partial charge on any atom is -0.481 e. The number of rotatable bonds is 8. The number of nitrogens with one attached hydrogen (secondary N) is 1. The second kappa shape index (κ2) is 8.51. The fourth-order valence-corrected chi connectivity index (χ4v) is 2.28. The fourth-order valence-electron chi connectivity index (χ4n) is 2.28. The number of ether oxygens (including phenoxy) is 1. The molecular formula is C14H28N2O3. The Morgan fingerprint density at radius 1 is 1.47 bits per heavy atom. The molecule has 19 heavy (non-hydrogen) atoms. The minimum absolute atomic E-state index is 0.234. The van der Waals surface area contributed by atoms with Crippen LogP contribution in [0.15, 0.2) is 0 Å². The van der Waals surface area contributed by atoms with E-state index in [-0.39, 0.29) is 12.0 Å². The smallest absolute Gasteiger partial charge is 0.306 e. The number of hydrogen-bond acceptors (Lipinski definition) is 4. The van der Waals surface area contributed by atoms with Crippen molar-refractivity contribution < 1.29 is 14.6 Å². The van der Waals surface area contributed by atoms with E-state index < -0.39 is 5.97 Å². The first kappa shape index (κ1) is 16.4. The number of carboxylic acid groups (broad SMARTS) is 1. The lowest BCUT2D eigenvalue weighted by atomic mass is 10.0. The number of carboxylic acids is 1. The van der Waals surface area contributed by atoms with Crippen molar-refractivity contribution in [1.82, 2.24) is 10.2 Å². The van der Waals surface area contributed by atoms with Crippen LogP contribution in [0, 0.1) is 5.92 Å². The van der Waals surface area contributed by atoms with Gasteiger partial charge in [-0.2, -0.15) is 0 Å². The minimum atomic E-state index is -0.695. The molecular weight excluding hydrogens is 244 g/mol. The SMILES string of the molecule is CC(CCCC(C)C(=O)O)NCC1CN(C)CCO1. The molecule has 1 saturated heterocycles. The molecule has 0 aromatic carbocycles. The first-order valence-electron chi connectivity index (χ1n) is 7.25. The van der Waals surface area contributed by atoms with Gasteiger partial charge in [-0.3, -0.25) is 4.79 Å². The summed E-state index contributed by atoms with van der Waals surface area (Å²) in [5.74, 6) is -0.929. The molecule has 1 fully saturated rings. The van der Waals surface area contributed by atoms with E-state index in [4.69, 9.17) is 9.84 Å². The summed E-state index contributed by atoms with van der Waals surface area (Å²) >= 11 is 0. The van der Waals surface area contributed by atoms with Crippen molar-refractivity contribution in [2.75, 3.05) is 33.3 Å². The molecule has 3 atom stereocenters. The van der Waals surface area contributed by atoms with Crippen molar-refractivity contribution in [3.8, 4) is 0 Å². The van der Waals surface area contributed by atoms with Crippen LogP contribution < -0.4 is 5.32 Å². The number of morpholine rings is 1. The van der Waals surface area contributed by atoms with Gasteiger partial charge in [0.25, 0.3) is 0 Å². The normalized spacial score (nSPS) is 24.1. The van der Waals surface area contributed by atoms with E-state index in [9.17, 15) is 4.79 Å². The van der Waals surface area contributed by atoms with Crippen LogP contribution in [-0.2, 0) is 9.53 Å². The van der Waals surface area contributed by atoms with Crippen LogP contribution in [0.2, 0.25) is 0 Å². The molecule has 0 radical (unpaired) electrons. The van der Waals surface area contributed by atoms with Crippen LogP contribution in [0.5, 0.6) is 0 Å². The summed E-state index contributed by atoms with van der Waals surface area (Å²) in [4.78, 5) is 13.0. The summed E-state index contributed by atoms with van der Waals surface area (Å²) in [7, 11) is 2.12. The molecule has 1 heterocycles. The number of likely N-dealkylation sites (N-methyl/N-ethyl adjacent to an activating group) is 1. The summed E-state index contributed by atoms with van der Waals surface area (Å²) < 4.78 is 5.69. The van der Waals surface area contributed by atoms with E-state index in [0.29, 0.717) is 6.04 Å². The topological polar surface area (TPSA) is 61.8 Å². The third kappa shape index (κ3) is 6.89. The van der Waals surface area contributed by atoms with Gasteiger partial charge in [-0.15, -0.1) is 0 Å². The molecule has 0 aromatic rings. The van der Waals surface area contributed by atoms with Crippen molar-refractivity contribution >= 4 is 5.97 Å². The maximum Gasteiger partial charge on any atom is 0.306 e. The van der Waals surface area contributed by atoms with E-state index in [1.54, 1.807) is 6.92 Å². The summed E-state index contributed by atoms with van der Waals surface area (Å²) in [6.07, 6.45) is 3.00. The van der Waals surface area contributed by atoms with Crippen LogP contribution in [-0.4, -0.2) is 61.4 Å². The summed E-state index contributed by atoms with van der Waals surface area (Å²) in [6.45, 7) is 7.60. The van der Waals surface area contributed by atoms with Crippen molar-refractivity contribution in [3.05, 3.63) is 0 Å². The van der Waals surface area contributed by atoms with Crippen molar-refractivity contribution in [2.45, 2.75) is 45.3 Å². The van der Waals surface area contributed by atoms with Gasteiger partial charge in [-0.25, -0.2) is 0 Å². The molecule has 0 aliphatic carbocycles. The first-order chi connectivity index (χ1) is 8.99. The molecule has 1 aliphatic heterocycles. The van der Waals surface area contributed by atoms with Crippen LogP contribution in [0.3, 0.4) is 0 Å². The highest BCUT2D eigenvalue weighted by molar-refractivity contribution is 5.69. The molecule has 2 N–H and O–H groups in total. The van der Waals surface area contributed by atoms with Gasteiger partial charge in [-0.1, -0.05) is 13.3 Å². The number of nitrogens with zero attached hydrogens (tertiary/aromatic N) is 1. The van der Waals surface area contributed by atoms with Crippen LogP contribution in [0.25, 0.3) is 0 Å². The quantitative estimate of drug-likeness (QED) is 0.695. The van der Waals surface area contributed by atoms with Gasteiger partial charge in [-0.05, 0) is 26.8 Å². The van der Waals surface area contributed by atoms with Crippen LogP contribution in [0.4, 0.5) is 0 Å². The van der Waals surface area contributed by atoms with Gasteiger partial charge in [0.05, 0.1) is 18.6 Å². The van der Waals surface area contributed by atoms with Crippen molar-refractivity contribution in [2.24, 2.45) is 5.92 Å². The predicted octanol–water partition coefficient (Wildman–Crippen LogP) is 1.19. The Morgan fingerprint density at radius 2 is 2.21 bits per heavy atom. The molecule has 0 amide bonds. The van der Waals surface area contributed by atoms with Gasteiger partial charge in [0, 0.05) is 25.7 Å². The standard InChI is InChI=1S/C14H28N2O3/c1-11(14(17)18)5-4-6-12(2)15-9-13-10-16(3)7-8-19-13/h11-13,15H,4-10H2,1-3H3,(H,17,18). The molecule has 5 nitrogen and oxygen atoms in total. The van der Waals surface area contributed by atoms with Gasteiger partial charge in [0.1, 0.15) is 0 Å². The lowest BCUT2D eigenvalue weighted by Crippen LogP contribution is -2.46. The second-order valence-corrected chi connectivity index (χ2v) is 5.73. The Balaban J connectivity index is 2.07. The summed E-state index contributed by atoms with van der Waals surface area (Å²) in [5, 5.41) is 12.3. The van der Waals surface area contributed by atoms with Gasteiger partial charge >= 0.3 is 5.97 Å². The van der Waals surface area contributed by atoms with Crippen molar-refractivity contribution in [3.63, 3.8) is 0 Å². The third-order valence-electron chi connectivity index (χ3n) is 3.73. The Bertz CT molecular complexity index is 273. The average molecular weight is 272 g/mol. The molecule has 1 aliphatic rings. The highest BCUT2D eigenvalue weighted by Gasteiger charge is 2.18. The maximum atomic E-state index is 10.7.